The Hall–Kier alpha value is -1.10. The van der Waals surface area contributed by atoms with Crippen LogP contribution in [0.15, 0.2) is 16.6 Å². The number of benzene rings is 1. The molecule has 0 bridgehead atoms. The first-order chi connectivity index (χ1) is 6.00. The molecule has 1 aromatic carbocycles. The summed E-state index contributed by atoms with van der Waals surface area (Å²) in [5.74, 6) is -1.67. The zero-order valence-corrected chi connectivity index (χ0v) is 8.14. The summed E-state index contributed by atoms with van der Waals surface area (Å²) < 4.78 is 13.5. The van der Waals surface area contributed by atoms with Gasteiger partial charge in [0.1, 0.15) is 5.82 Å². The highest BCUT2D eigenvalue weighted by Gasteiger charge is 2.09. The van der Waals surface area contributed by atoms with Crippen LogP contribution in [0.25, 0.3) is 0 Å². The van der Waals surface area contributed by atoms with Gasteiger partial charge in [0.2, 0.25) is 0 Å². The van der Waals surface area contributed by atoms with Crippen LogP contribution >= 0.6 is 15.9 Å². The molecule has 0 saturated heterocycles. The second-order valence-electron chi connectivity index (χ2n) is 2.54. The molecule has 5 heteroatoms. The summed E-state index contributed by atoms with van der Waals surface area (Å²) in [6.45, 7) is 0. The third-order valence-corrected chi connectivity index (χ3v) is 2.19. The van der Waals surface area contributed by atoms with Crippen LogP contribution in [-0.4, -0.2) is 11.1 Å². The Balaban J connectivity index is 3.08. The van der Waals surface area contributed by atoms with E-state index < -0.39 is 11.8 Å². The van der Waals surface area contributed by atoms with Crippen molar-refractivity contribution in [1.82, 2.24) is 0 Å². The molecular weight excluding hydrogens is 241 g/mol. The molecule has 0 unspecified atom stereocenters. The van der Waals surface area contributed by atoms with E-state index in [4.69, 9.17) is 10.8 Å². The van der Waals surface area contributed by atoms with Crippen molar-refractivity contribution in [1.29, 1.82) is 0 Å². The van der Waals surface area contributed by atoms with Gasteiger partial charge >= 0.3 is 5.97 Å². The van der Waals surface area contributed by atoms with Crippen molar-refractivity contribution in [2.24, 2.45) is 0 Å². The van der Waals surface area contributed by atoms with Crippen LogP contribution in [0.3, 0.4) is 0 Å². The number of carboxylic acid groups (broad SMARTS) is 1. The smallest absolute Gasteiger partial charge is 0.307 e. The fourth-order valence-electron chi connectivity index (χ4n) is 0.902. The number of nitrogen functional groups attached to an aromatic ring is 1. The van der Waals surface area contributed by atoms with Gasteiger partial charge in [-0.05, 0) is 28.1 Å². The molecule has 0 saturated carbocycles. The lowest BCUT2D eigenvalue weighted by Crippen LogP contribution is -2.03. The molecule has 1 aromatic rings. The number of nitrogens with two attached hydrogens (primary N) is 1. The SMILES string of the molecule is Nc1cc(F)c(CC(=O)O)cc1Br. The van der Waals surface area contributed by atoms with Crippen molar-refractivity contribution in [2.45, 2.75) is 6.42 Å². The summed E-state index contributed by atoms with van der Waals surface area (Å²) >= 11 is 3.09. The summed E-state index contributed by atoms with van der Waals surface area (Å²) in [5.41, 5.74) is 5.76. The van der Waals surface area contributed by atoms with E-state index in [1.54, 1.807) is 0 Å². The predicted molar refractivity (Wildman–Crippen MR) is 49.9 cm³/mol. The van der Waals surface area contributed by atoms with E-state index >= 15 is 0 Å². The van der Waals surface area contributed by atoms with Gasteiger partial charge in [-0.3, -0.25) is 4.79 Å². The Bertz CT molecular complexity index is 354. The van der Waals surface area contributed by atoms with Crippen LogP contribution in [0.5, 0.6) is 0 Å². The van der Waals surface area contributed by atoms with E-state index in [1.165, 1.54) is 6.07 Å². The maximum Gasteiger partial charge on any atom is 0.307 e. The van der Waals surface area contributed by atoms with Gasteiger partial charge in [0.05, 0.1) is 6.42 Å². The summed E-state index contributed by atoms with van der Waals surface area (Å²) in [6, 6.07) is 2.47. The van der Waals surface area contributed by atoms with Crippen LogP contribution in [0, 0.1) is 5.82 Å². The van der Waals surface area contributed by atoms with Gasteiger partial charge in [0.15, 0.2) is 0 Å². The molecule has 3 nitrogen and oxygen atoms in total. The van der Waals surface area contributed by atoms with Crippen molar-refractivity contribution < 1.29 is 14.3 Å². The Kier molecular flexibility index (Phi) is 2.87. The number of anilines is 1. The maximum atomic E-state index is 13.0. The van der Waals surface area contributed by atoms with E-state index in [1.807, 2.05) is 0 Å². The van der Waals surface area contributed by atoms with Crippen molar-refractivity contribution in [3.8, 4) is 0 Å². The Morgan fingerprint density at radius 3 is 2.77 bits per heavy atom. The standard InChI is InChI=1S/C8H7BrFNO2/c9-5-1-4(2-8(12)13)6(10)3-7(5)11/h1,3H,2,11H2,(H,12,13). The van der Waals surface area contributed by atoms with Crippen LogP contribution in [0.2, 0.25) is 0 Å². The van der Waals surface area contributed by atoms with E-state index in [2.05, 4.69) is 15.9 Å². The van der Waals surface area contributed by atoms with Gasteiger partial charge in [-0.1, -0.05) is 0 Å². The molecule has 0 aliphatic heterocycles. The van der Waals surface area contributed by atoms with Crippen LogP contribution in [-0.2, 0) is 11.2 Å². The van der Waals surface area contributed by atoms with Gasteiger partial charge in [-0.15, -0.1) is 0 Å². The fourth-order valence-corrected chi connectivity index (χ4v) is 1.29. The number of rotatable bonds is 2. The van der Waals surface area contributed by atoms with E-state index in [9.17, 15) is 9.18 Å². The molecule has 0 aromatic heterocycles. The first kappa shape index (κ1) is 9.98. The highest BCUT2D eigenvalue weighted by Crippen LogP contribution is 2.23. The van der Waals surface area contributed by atoms with Gasteiger partial charge in [0, 0.05) is 15.7 Å². The Morgan fingerprint density at radius 2 is 2.23 bits per heavy atom. The molecule has 3 N–H and O–H groups in total. The molecule has 70 valence electrons. The van der Waals surface area contributed by atoms with Crippen molar-refractivity contribution in [2.75, 3.05) is 5.73 Å². The van der Waals surface area contributed by atoms with Crippen LogP contribution in [0.4, 0.5) is 10.1 Å². The number of hydrogen-bond donors (Lipinski definition) is 2. The molecule has 13 heavy (non-hydrogen) atoms. The lowest BCUT2D eigenvalue weighted by molar-refractivity contribution is -0.136. The predicted octanol–water partition coefficient (Wildman–Crippen LogP) is 1.80. The maximum absolute atomic E-state index is 13.0. The average Bonchev–Trinajstić information content (AvgIpc) is 1.99. The largest absolute Gasteiger partial charge is 0.481 e. The average molecular weight is 248 g/mol. The molecular formula is C8H7BrFNO2. The fraction of sp³-hybridized carbons (Fsp3) is 0.125. The van der Waals surface area contributed by atoms with Gasteiger partial charge in [0.25, 0.3) is 0 Å². The topological polar surface area (TPSA) is 63.3 Å². The van der Waals surface area contributed by atoms with Crippen molar-refractivity contribution in [3.63, 3.8) is 0 Å². The van der Waals surface area contributed by atoms with Crippen LogP contribution < -0.4 is 5.73 Å². The summed E-state index contributed by atoms with van der Waals surface area (Å²) in [4.78, 5) is 10.3. The minimum Gasteiger partial charge on any atom is -0.481 e. The second kappa shape index (κ2) is 3.74. The number of halogens is 2. The number of carboxylic acids is 1. The normalized spacial score (nSPS) is 10.0. The first-order valence-corrected chi connectivity index (χ1v) is 4.25. The number of aliphatic carboxylic acids is 1. The third kappa shape index (κ3) is 2.42. The summed E-state index contributed by atoms with van der Waals surface area (Å²) in [5, 5.41) is 8.44. The van der Waals surface area contributed by atoms with Crippen molar-refractivity contribution in [3.05, 3.63) is 28.0 Å². The monoisotopic (exact) mass is 247 g/mol. The van der Waals surface area contributed by atoms with Gasteiger partial charge in [-0.2, -0.15) is 0 Å². The van der Waals surface area contributed by atoms with Crippen LogP contribution in [0.1, 0.15) is 5.56 Å². The molecule has 0 spiro atoms. The Morgan fingerprint density at radius 1 is 1.62 bits per heavy atom. The van der Waals surface area contributed by atoms with Gasteiger partial charge < -0.3 is 10.8 Å². The second-order valence-corrected chi connectivity index (χ2v) is 3.39. The Labute approximate surface area is 82.5 Å². The molecule has 0 heterocycles. The zero-order valence-electron chi connectivity index (χ0n) is 6.55. The number of hydrogen-bond acceptors (Lipinski definition) is 2. The quantitative estimate of drug-likeness (QED) is 0.784. The molecule has 1 rings (SSSR count). The zero-order chi connectivity index (χ0) is 10.0. The number of carbonyl (C=O) groups is 1. The molecule has 0 atom stereocenters. The highest BCUT2D eigenvalue weighted by atomic mass is 79.9. The minimum atomic E-state index is -1.07. The molecule has 0 amide bonds. The molecule has 0 aliphatic carbocycles. The third-order valence-electron chi connectivity index (χ3n) is 1.51. The lowest BCUT2D eigenvalue weighted by Gasteiger charge is -2.03. The molecule has 0 aliphatic rings. The highest BCUT2D eigenvalue weighted by molar-refractivity contribution is 9.10. The van der Waals surface area contributed by atoms with E-state index in [-0.39, 0.29) is 17.7 Å². The van der Waals surface area contributed by atoms with Crippen molar-refractivity contribution >= 4 is 27.6 Å². The lowest BCUT2D eigenvalue weighted by atomic mass is 10.1. The first-order valence-electron chi connectivity index (χ1n) is 3.46. The summed E-state index contributed by atoms with van der Waals surface area (Å²) in [7, 11) is 0. The minimum absolute atomic E-state index is 0.119. The molecule has 0 radical (unpaired) electrons. The molecule has 0 fully saturated rings. The van der Waals surface area contributed by atoms with E-state index in [0.29, 0.717) is 4.47 Å². The van der Waals surface area contributed by atoms with E-state index in [0.717, 1.165) is 6.07 Å². The van der Waals surface area contributed by atoms with Gasteiger partial charge in [-0.25, -0.2) is 4.39 Å². The summed E-state index contributed by atoms with van der Waals surface area (Å²) in [6.07, 6.45) is -0.343.